The van der Waals surface area contributed by atoms with Crippen LogP contribution in [0.4, 0.5) is 3.89 Å². The van der Waals surface area contributed by atoms with Crippen LogP contribution in [0.3, 0.4) is 0 Å². The van der Waals surface area contributed by atoms with Crippen molar-refractivity contribution in [1.82, 2.24) is 9.19 Å². The number of para-hydroxylation sites is 1. The van der Waals surface area contributed by atoms with Gasteiger partial charge in [-0.1, -0.05) is 18.2 Å². The topological polar surface area (TPSA) is 30.2 Å². The Bertz CT molecular complexity index is 495. The van der Waals surface area contributed by atoms with Crippen LogP contribution in [0.1, 0.15) is 5.69 Å². The molecule has 0 atom stereocenters. The first-order valence-electron chi connectivity index (χ1n) is 4.20. The van der Waals surface area contributed by atoms with Crippen LogP contribution >= 0.6 is 24.3 Å². The quantitative estimate of drug-likeness (QED) is 0.611. The van der Waals surface area contributed by atoms with Gasteiger partial charge in [0.2, 0.25) is 0 Å². The Morgan fingerprint density at radius 2 is 2.27 bits per heavy atom. The van der Waals surface area contributed by atoms with Crippen LogP contribution < -0.4 is 0 Å². The molecular weight excluding hydrogens is 233 g/mol. The molecule has 2 aromatic rings. The molecule has 0 aliphatic carbocycles. The number of fused-ring (bicyclic) bond motifs is 1. The van der Waals surface area contributed by atoms with E-state index >= 15 is 0 Å². The van der Waals surface area contributed by atoms with Gasteiger partial charge in [-0.3, -0.25) is 0 Å². The monoisotopic (exact) mass is 241 g/mol. The summed E-state index contributed by atoms with van der Waals surface area (Å²) in [6, 6.07) is 7.47. The van der Waals surface area contributed by atoms with Gasteiger partial charge in [-0.2, -0.15) is 9.19 Å². The fraction of sp³-hybridized carbons (Fsp3) is 0.111. The van der Waals surface area contributed by atoms with Crippen molar-refractivity contribution in [3.8, 4) is 0 Å². The van der Waals surface area contributed by atoms with Crippen LogP contribution in [-0.4, -0.2) is 21.7 Å². The number of nitrogens with zero attached hydrogens (tertiary/aromatic N) is 3. The maximum Gasteiger partial charge on any atom is 0.188 e. The molecule has 1 aromatic carbocycles. The summed E-state index contributed by atoms with van der Waals surface area (Å²) in [5.74, 6) is 0. The van der Waals surface area contributed by atoms with Gasteiger partial charge >= 0.3 is 0 Å². The number of aromatic nitrogens is 2. The van der Waals surface area contributed by atoms with Gasteiger partial charge in [0.25, 0.3) is 0 Å². The zero-order chi connectivity index (χ0) is 10.7. The lowest BCUT2D eigenvalue weighted by molar-refractivity contribution is 0.887. The van der Waals surface area contributed by atoms with Gasteiger partial charge in [0.05, 0.1) is 11.7 Å². The second-order valence-electron chi connectivity index (χ2n) is 2.76. The summed E-state index contributed by atoms with van der Waals surface area (Å²) < 4.78 is 17.8. The molecule has 2 rings (SSSR count). The Morgan fingerprint density at radius 3 is 3.00 bits per heavy atom. The third kappa shape index (κ3) is 2.00. The van der Waals surface area contributed by atoms with Gasteiger partial charge in [0.1, 0.15) is 5.69 Å². The Morgan fingerprint density at radius 1 is 1.47 bits per heavy atom. The molecule has 1 heterocycles. The van der Waals surface area contributed by atoms with Crippen molar-refractivity contribution in [1.29, 1.82) is 0 Å². The minimum atomic E-state index is 0.0897. The zero-order valence-electron chi connectivity index (χ0n) is 7.92. The van der Waals surface area contributed by atoms with E-state index in [0.29, 0.717) is 5.69 Å². The van der Waals surface area contributed by atoms with E-state index in [1.54, 1.807) is 6.21 Å². The van der Waals surface area contributed by atoms with Crippen LogP contribution in [0.25, 0.3) is 10.9 Å². The predicted molar refractivity (Wildman–Crippen MR) is 64.9 cm³/mol. The predicted octanol–water partition coefficient (Wildman–Crippen LogP) is 3.11. The van der Waals surface area contributed by atoms with Crippen molar-refractivity contribution in [2.24, 2.45) is 4.40 Å². The summed E-state index contributed by atoms with van der Waals surface area (Å²) in [4.78, 5) is 0. The van der Waals surface area contributed by atoms with Crippen molar-refractivity contribution < 1.29 is 3.89 Å². The van der Waals surface area contributed by atoms with Gasteiger partial charge in [0.15, 0.2) is 12.3 Å². The molecule has 0 aliphatic rings. The van der Waals surface area contributed by atoms with Crippen molar-refractivity contribution in [3.05, 3.63) is 30.0 Å². The highest BCUT2D eigenvalue weighted by Crippen LogP contribution is 2.21. The van der Waals surface area contributed by atoms with E-state index in [0.717, 1.165) is 10.9 Å². The Labute approximate surface area is 95.3 Å². The molecule has 0 radical (unpaired) electrons. The van der Waals surface area contributed by atoms with Gasteiger partial charge < -0.3 is 0 Å². The summed E-state index contributed by atoms with van der Waals surface area (Å²) in [6.07, 6.45) is 3.50. The lowest BCUT2D eigenvalue weighted by Crippen LogP contribution is -1.87. The van der Waals surface area contributed by atoms with Crippen LogP contribution in [0.15, 0.2) is 28.7 Å². The van der Waals surface area contributed by atoms with E-state index in [1.807, 2.05) is 30.5 Å². The number of hydrogen-bond donors (Lipinski definition) is 0. The number of benzene rings is 1. The van der Waals surface area contributed by atoms with Crippen LogP contribution in [0.2, 0.25) is 0 Å². The minimum absolute atomic E-state index is 0.0897. The van der Waals surface area contributed by atoms with E-state index in [-0.39, 0.29) is 12.3 Å². The highest BCUT2D eigenvalue weighted by molar-refractivity contribution is 7.97. The average Bonchev–Trinajstić information content (AvgIpc) is 2.65. The molecule has 78 valence electrons. The molecule has 0 unspecified atom stereocenters. The standard InChI is InChI=1S/C9H8FN3S2/c1-14-11-6-8-7-4-2-3-5-9(7)13(12-8)15-10/h2-6H,1H3/b11-6+. The highest BCUT2D eigenvalue weighted by atomic mass is 32.2. The molecule has 0 bridgehead atoms. The molecule has 0 spiro atoms. The lowest BCUT2D eigenvalue weighted by Gasteiger charge is -1.90. The summed E-state index contributed by atoms with van der Waals surface area (Å²) in [7, 11) is 0. The Hall–Kier alpha value is -1.01. The Kier molecular flexibility index (Phi) is 3.27. The number of halogens is 1. The molecule has 0 N–H and O–H groups in total. The number of hydrogen-bond acceptors (Lipinski definition) is 4. The van der Waals surface area contributed by atoms with Crippen LogP contribution in [0, 0.1) is 0 Å². The van der Waals surface area contributed by atoms with Crippen molar-refractivity contribution in [2.75, 3.05) is 6.26 Å². The van der Waals surface area contributed by atoms with E-state index in [9.17, 15) is 3.89 Å². The third-order valence-corrected chi connectivity index (χ3v) is 2.66. The molecule has 6 heteroatoms. The zero-order valence-corrected chi connectivity index (χ0v) is 9.56. The van der Waals surface area contributed by atoms with E-state index < -0.39 is 0 Å². The van der Waals surface area contributed by atoms with Crippen molar-refractivity contribution in [3.63, 3.8) is 0 Å². The summed E-state index contributed by atoms with van der Waals surface area (Å²) >= 11 is 1.43. The minimum Gasteiger partial charge on any atom is -0.223 e. The molecule has 0 aliphatic heterocycles. The SMILES string of the molecule is CS/N=C/c1nn(SF)c2ccccc12. The summed E-state index contributed by atoms with van der Waals surface area (Å²) in [5.41, 5.74) is 1.44. The molecule has 1 aromatic heterocycles. The van der Waals surface area contributed by atoms with Crippen LogP contribution in [-0.2, 0) is 0 Å². The van der Waals surface area contributed by atoms with E-state index in [1.165, 1.54) is 16.0 Å². The second-order valence-corrected chi connectivity index (χ2v) is 3.82. The molecule has 0 saturated heterocycles. The molecule has 15 heavy (non-hydrogen) atoms. The normalized spacial score (nSPS) is 11.6. The smallest absolute Gasteiger partial charge is 0.188 e. The maximum atomic E-state index is 12.6. The van der Waals surface area contributed by atoms with Gasteiger partial charge in [0, 0.05) is 11.6 Å². The Balaban J connectivity index is 2.59. The summed E-state index contributed by atoms with van der Waals surface area (Å²) in [6.45, 7) is 0. The van der Waals surface area contributed by atoms with Crippen molar-refractivity contribution in [2.45, 2.75) is 0 Å². The first kappa shape index (κ1) is 10.5. The van der Waals surface area contributed by atoms with Gasteiger partial charge in [-0.15, -0.1) is 3.89 Å². The molecular formula is C9H8FN3S2. The first-order valence-corrected chi connectivity index (χ1v) is 6.05. The fourth-order valence-corrected chi connectivity index (χ4v) is 1.87. The van der Waals surface area contributed by atoms with Crippen molar-refractivity contribution >= 4 is 41.4 Å². The van der Waals surface area contributed by atoms with Gasteiger partial charge in [-0.05, 0) is 18.0 Å². The summed E-state index contributed by atoms with van der Waals surface area (Å²) in [5, 5.41) is 4.99. The number of rotatable bonds is 3. The molecule has 0 fully saturated rings. The largest absolute Gasteiger partial charge is 0.223 e. The van der Waals surface area contributed by atoms with E-state index in [4.69, 9.17) is 0 Å². The second kappa shape index (κ2) is 4.67. The molecule has 0 saturated carbocycles. The fourth-order valence-electron chi connectivity index (χ4n) is 1.31. The van der Waals surface area contributed by atoms with Crippen LogP contribution in [0.5, 0.6) is 0 Å². The highest BCUT2D eigenvalue weighted by Gasteiger charge is 2.08. The molecule has 3 nitrogen and oxygen atoms in total. The first-order chi connectivity index (χ1) is 7.36. The average molecular weight is 241 g/mol. The van der Waals surface area contributed by atoms with E-state index in [2.05, 4.69) is 9.50 Å². The van der Waals surface area contributed by atoms with Gasteiger partial charge in [-0.25, -0.2) is 4.40 Å². The maximum absolute atomic E-state index is 12.6. The molecule has 0 amide bonds. The third-order valence-electron chi connectivity index (χ3n) is 1.93. The lowest BCUT2D eigenvalue weighted by atomic mass is 10.2.